The summed E-state index contributed by atoms with van der Waals surface area (Å²) in [6.45, 7) is 11.1. The fourth-order valence-corrected chi connectivity index (χ4v) is 3.36. The van der Waals surface area contributed by atoms with Crippen LogP contribution in [0.3, 0.4) is 0 Å². The van der Waals surface area contributed by atoms with Crippen LogP contribution in [0.2, 0.25) is 0 Å². The van der Waals surface area contributed by atoms with Crippen LogP contribution in [-0.4, -0.2) is 57.3 Å². The van der Waals surface area contributed by atoms with Gasteiger partial charge in [0.15, 0.2) is 0 Å². The average Bonchev–Trinajstić information content (AvgIpc) is 2.47. The van der Waals surface area contributed by atoms with Gasteiger partial charge in [-0.1, -0.05) is 25.1 Å². The van der Waals surface area contributed by atoms with Crippen molar-refractivity contribution in [3.05, 3.63) is 35.9 Å². The molecule has 1 aromatic carbocycles. The summed E-state index contributed by atoms with van der Waals surface area (Å²) in [7, 11) is -0.584. The largest absolute Gasteiger partial charge is 0.325 e. The maximum atomic E-state index is 12.3. The molecule has 134 valence electrons. The third kappa shape index (κ3) is 5.43. The third-order valence-electron chi connectivity index (χ3n) is 3.54. The normalized spacial score (nSPS) is 11.8. The van der Waals surface area contributed by atoms with E-state index in [1.54, 1.807) is 19.1 Å². The van der Waals surface area contributed by atoms with Gasteiger partial charge in [0.1, 0.15) is 0 Å². The van der Waals surface area contributed by atoms with Gasteiger partial charge in [-0.25, -0.2) is 12.7 Å². The van der Waals surface area contributed by atoms with E-state index < -0.39 is 10.0 Å². The number of anilines is 1. The maximum absolute atomic E-state index is 12.3. The standard InChI is InChI=1S/C17H27N3O3S/c1-7-20(11-13(2)3)12-17(21)18-15-9-8-14(4)16(10-15)24(22,23)19(5)6/h8-10H,2,7,11-12H2,1,3-6H3,(H,18,21). The monoisotopic (exact) mass is 353 g/mol. The molecule has 6 nitrogen and oxygen atoms in total. The Bertz CT molecular complexity index is 712. The Kier molecular flexibility index (Phi) is 7.13. The highest BCUT2D eigenvalue weighted by Gasteiger charge is 2.20. The SMILES string of the molecule is C=C(C)CN(CC)CC(=O)Nc1ccc(C)c(S(=O)(=O)N(C)C)c1. The second-order valence-electron chi connectivity index (χ2n) is 6.08. The number of sulfonamides is 1. The Morgan fingerprint density at radius 2 is 1.88 bits per heavy atom. The molecule has 0 aliphatic carbocycles. The minimum absolute atomic E-state index is 0.185. The molecule has 0 saturated carbocycles. The van der Waals surface area contributed by atoms with E-state index in [1.807, 2.05) is 18.7 Å². The summed E-state index contributed by atoms with van der Waals surface area (Å²) in [5, 5.41) is 2.77. The lowest BCUT2D eigenvalue weighted by Gasteiger charge is -2.20. The fraction of sp³-hybridized carbons (Fsp3) is 0.471. The summed E-state index contributed by atoms with van der Waals surface area (Å²) in [5.74, 6) is -0.185. The van der Waals surface area contributed by atoms with Crippen molar-refractivity contribution in [1.82, 2.24) is 9.21 Å². The highest BCUT2D eigenvalue weighted by molar-refractivity contribution is 7.89. The predicted octanol–water partition coefficient (Wildman–Crippen LogP) is 2.08. The number of likely N-dealkylation sites (N-methyl/N-ethyl adjacent to an activating group) is 1. The van der Waals surface area contributed by atoms with E-state index in [0.29, 0.717) is 17.8 Å². The lowest BCUT2D eigenvalue weighted by Crippen LogP contribution is -2.34. The van der Waals surface area contributed by atoms with Crippen molar-refractivity contribution in [2.24, 2.45) is 0 Å². The van der Waals surface area contributed by atoms with Gasteiger partial charge in [-0.05, 0) is 38.1 Å². The number of hydrogen-bond acceptors (Lipinski definition) is 4. The summed E-state index contributed by atoms with van der Waals surface area (Å²) < 4.78 is 25.8. The van der Waals surface area contributed by atoms with Gasteiger partial charge in [0.2, 0.25) is 15.9 Å². The first-order valence-electron chi connectivity index (χ1n) is 7.77. The zero-order chi connectivity index (χ0) is 18.5. The van der Waals surface area contributed by atoms with Gasteiger partial charge in [0.25, 0.3) is 0 Å². The van der Waals surface area contributed by atoms with Crippen LogP contribution < -0.4 is 5.32 Å². The fourth-order valence-electron chi connectivity index (χ4n) is 2.22. The number of hydrogen-bond donors (Lipinski definition) is 1. The van der Waals surface area contributed by atoms with Crippen LogP contribution >= 0.6 is 0 Å². The molecule has 1 N–H and O–H groups in total. The number of carbonyl (C=O) groups excluding carboxylic acids is 1. The average molecular weight is 353 g/mol. The molecule has 1 rings (SSSR count). The number of benzene rings is 1. The Hall–Kier alpha value is -1.70. The van der Waals surface area contributed by atoms with Crippen LogP contribution in [0.4, 0.5) is 5.69 Å². The smallest absolute Gasteiger partial charge is 0.242 e. The Morgan fingerprint density at radius 3 is 2.38 bits per heavy atom. The summed E-state index contributed by atoms with van der Waals surface area (Å²) in [4.78, 5) is 14.4. The van der Waals surface area contributed by atoms with Crippen molar-refractivity contribution in [3.8, 4) is 0 Å². The summed E-state index contributed by atoms with van der Waals surface area (Å²) in [6, 6.07) is 4.89. The molecule has 0 heterocycles. The molecule has 0 fully saturated rings. The number of nitrogens with one attached hydrogen (secondary N) is 1. The second-order valence-corrected chi connectivity index (χ2v) is 8.20. The second kappa shape index (κ2) is 8.41. The van der Waals surface area contributed by atoms with Gasteiger partial charge >= 0.3 is 0 Å². The van der Waals surface area contributed by atoms with Crippen molar-refractivity contribution in [2.75, 3.05) is 39.0 Å². The highest BCUT2D eigenvalue weighted by Crippen LogP contribution is 2.22. The van der Waals surface area contributed by atoms with Gasteiger partial charge in [-0.15, -0.1) is 0 Å². The van der Waals surface area contributed by atoms with Crippen molar-refractivity contribution in [1.29, 1.82) is 0 Å². The molecule has 24 heavy (non-hydrogen) atoms. The van der Waals surface area contributed by atoms with E-state index in [-0.39, 0.29) is 17.3 Å². The van der Waals surface area contributed by atoms with E-state index in [0.717, 1.165) is 16.4 Å². The first kappa shape index (κ1) is 20.3. The molecule has 0 saturated heterocycles. The molecule has 7 heteroatoms. The number of rotatable bonds is 8. The van der Waals surface area contributed by atoms with Gasteiger partial charge in [-0.3, -0.25) is 9.69 Å². The number of carbonyl (C=O) groups is 1. The number of amides is 1. The quantitative estimate of drug-likeness (QED) is 0.727. The van der Waals surface area contributed by atoms with Crippen LogP contribution in [-0.2, 0) is 14.8 Å². The summed E-state index contributed by atoms with van der Waals surface area (Å²) in [6.07, 6.45) is 0. The zero-order valence-corrected chi connectivity index (χ0v) is 15.9. The Balaban J connectivity index is 2.93. The molecular weight excluding hydrogens is 326 g/mol. The topological polar surface area (TPSA) is 69.7 Å². The van der Waals surface area contributed by atoms with Crippen molar-refractivity contribution >= 4 is 21.6 Å². The number of aryl methyl sites for hydroxylation is 1. The molecule has 0 unspecified atom stereocenters. The number of nitrogens with zero attached hydrogens (tertiary/aromatic N) is 2. The Labute approximate surface area is 145 Å². The van der Waals surface area contributed by atoms with Gasteiger partial charge in [-0.2, -0.15) is 0 Å². The minimum Gasteiger partial charge on any atom is -0.325 e. The van der Waals surface area contributed by atoms with E-state index in [9.17, 15) is 13.2 Å². The lowest BCUT2D eigenvalue weighted by atomic mass is 10.2. The third-order valence-corrected chi connectivity index (χ3v) is 5.50. The van der Waals surface area contributed by atoms with E-state index >= 15 is 0 Å². The summed E-state index contributed by atoms with van der Waals surface area (Å²) >= 11 is 0. The van der Waals surface area contributed by atoms with Crippen LogP contribution in [0.25, 0.3) is 0 Å². The van der Waals surface area contributed by atoms with E-state index in [1.165, 1.54) is 20.2 Å². The summed E-state index contributed by atoms with van der Waals surface area (Å²) in [5.41, 5.74) is 2.09. The molecular formula is C17H27N3O3S. The van der Waals surface area contributed by atoms with Crippen molar-refractivity contribution < 1.29 is 13.2 Å². The zero-order valence-electron chi connectivity index (χ0n) is 15.1. The molecule has 0 bridgehead atoms. The lowest BCUT2D eigenvalue weighted by molar-refractivity contribution is -0.117. The molecule has 0 aromatic heterocycles. The highest BCUT2D eigenvalue weighted by atomic mass is 32.2. The molecule has 0 atom stereocenters. The van der Waals surface area contributed by atoms with Crippen molar-refractivity contribution in [3.63, 3.8) is 0 Å². The first-order valence-corrected chi connectivity index (χ1v) is 9.21. The van der Waals surface area contributed by atoms with Gasteiger partial charge in [0, 0.05) is 26.3 Å². The van der Waals surface area contributed by atoms with Crippen molar-refractivity contribution in [2.45, 2.75) is 25.7 Å². The van der Waals surface area contributed by atoms with Crippen LogP contribution in [0.15, 0.2) is 35.2 Å². The molecule has 1 amide bonds. The molecule has 0 aliphatic heterocycles. The predicted molar refractivity (Wildman–Crippen MR) is 97.6 cm³/mol. The molecule has 0 aliphatic rings. The van der Waals surface area contributed by atoms with E-state index in [2.05, 4.69) is 11.9 Å². The maximum Gasteiger partial charge on any atom is 0.242 e. The van der Waals surface area contributed by atoms with Crippen LogP contribution in [0, 0.1) is 6.92 Å². The van der Waals surface area contributed by atoms with Crippen LogP contribution in [0.5, 0.6) is 0 Å². The van der Waals surface area contributed by atoms with Gasteiger partial charge < -0.3 is 5.32 Å². The molecule has 0 spiro atoms. The minimum atomic E-state index is -3.55. The molecule has 1 aromatic rings. The Morgan fingerprint density at radius 1 is 1.25 bits per heavy atom. The van der Waals surface area contributed by atoms with E-state index in [4.69, 9.17) is 0 Å². The van der Waals surface area contributed by atoms with Gasteiger partial charge in [0.05, 0.1) is 11.4 Å². The molecule has 0 radical (unpaired) electrons. The van der Waals surface area contributed by atoms with Crippen LogP contribution in [0.1, 0.15) is 19.4 Å². The first-order chi connectivity index (χ1) is 11.1.